The van der Waals surface area contributed by atoms with Gasteiger partial charge in [0, 0.05) is 24.3 Å². The van der Waals surface area contributed by atoms with Crippen molar-refractivity contribution in [1.82, 2.24) is 0 Å². The summed E-state index contributed by atoms with van der Waals surface area (Å²) in [6.07, 6.45) is 0.0385. The van der Waals surface area contributed by atoms with Gasteiger partial charge in [-0.25, -0.2) is 0 Å². The minimum Gasteiger partial charge on any atom is -0.457 e. The van der Waals surface area contributed by atoms with Gasteiger partial charge in [-0.3, -0.25) is 14.4 Å². The van der Waals surface area contributed by atoms with Crippen LogP contribution in [-0.4, -0.2) is 30.9 Å². The Kier molecular flexibility index (Phi) is 8.15. The van der Waals surface area contributed by atoms with Crippen LogP contribution in [0.1, 0.15) is 48.4 Å². The van der Waals surface area contributed by atoms with E-state index in [0.717, 1.165) is 28.0 Å². The number of amides is 2. The molecule has 1 atom stereocenters. The number of anilines is 2. The lowest BCUT2D eigenvalue weighted by molar-refractivity contribution is -0.151. The molecular weight excluding hydrogens is 480 g/mol. The number of ether oxygens (including phenoxy) is 2. The highest BCUT2D eigenvalue weighted by molar-refractivity contribution is 6.00. The van der Waals surface area contributed by atoms with E-state index < -0.39 is 24.4 Å². The van der Waals surface area contributed by atoms with Crippen molar-refractivity contribution in [3.8, 4) is 11.5 Å². The zero-order valence-electron chi connectivity index (χ0n) is 22.5. The fourth-order valence-electron chi connectivity index (χ4n) is 4.54. The zero-order valence-corrected chi connectivity index (χ0v) is 22.5. The van der Waals surface area contributed by atoms with Crippen molar-refractivity contribution in [2.24, 2.45) is 5.92 Å². The summed E-state index contributed by atoms with van der Waals surface area (Å²) in [5, 5.41) is 2.76. The number of esters is 1. The molecule has 3 aromatic rings. The first-order chi connectivity index (χ1) is 18.1. The van der Waals surface area contributed by atoms with Gasteiger partial charge < -0.3 is 19.7 Å². The summed E-state index contributed by atoms with van der Waals surface area (Å²) >= 11 is 0. The number of hydrogen-bond donors (Lipinski definition) is 1. The normalized spacial score (nSPS) is 15.1. The van der Waals surface area contributed by atoms with Crippen LogP contribution in [0, 0.1) is 26.7 Å². The van der Waals surface area contributed by atoms with Crippen molar-refractivity contribution < 1.29 is 23.9 Å². The molecule has 0 aliphatic carbocycles. The fourth-order valence-corrected chi connectivity index (χ4v) is 4.54. The van der Waals surface area contributed by atoms with Crippen LogP contribution < -0.4 is 15.0 Å². The van der Waals surface area contributed by atoms with Crippen LogP contribution in [0.2, 0.25) is 0 Å². The maximum absolute atomic E-state index is 12.7. The monoisotopic (exact) mass is 514 g/mol. The van der Waals surface area contributed by atoms with E-state index >= 15 is 0 Å². The van der Waals surface area contributed by atoms with Gasteiger partial charge in [-0.1, -0.05) is 43.7 Å². The van der Waals surface area contributed by atoms with Gasteiger partial charge in [0.05, 0.1) is 5.92 Å². The van der Waals surface area contributed by atoms with Gasteiger partial charge in [-0.15, -0.1) is 0 Å². The third-order valence-electron chi connectivity index (χ3n) is 6.63. The number of nitrogens with one attached hydrogen (secondary N) is 1. The van der Waals surface area contributed by atoms with Crippen LogP contribution in [0.25, 0.3) is 0 Å². The van der Waals surface area contributed by atoms with Gasteiger partial charge in [0.15, 0.2) is 6.61 Å². The molecule has 7 nitrogen and oxygen atoms in total. The molecule has 1 aliphatic rings. The number of carbonyl (C=O) groups is 3. The Morgan fingerprint density at radius 2 is 1.66 bits per heavy atom. The van der Waals surface area contributed by atoms with Crippen molar-refractivity contribution >= 4 is 29.2 Å². The smallest absolute Gasteiger partial charge is 0.311 e. The molecule has 0 saturated carbocycles. The lowest BCUT2D eigenvalue weighted by Crippen LogP contribution is -2.28. The Morgan fingerprint density at radius 3 is 2.34 bits per heavy atom. The second kappa shape index (κ2) is 11.5. The van der Waals surface area contributed by atoms with Gasteiger partial charge in [0.2, 0.25) is 5.91 Å². The maximum atomic E-state index is 12.7. The van der Waals surface area contributed by atoms with Gasteiger partial charge in [-0.05, 0) is 79.8 Å². The molecule has 1 aliphatic heterocycles. The number of benzene rings is 3. The summed E-state index contributed by atoms with van der Waals surface area (Å²) in [7, 11) is 0. The Morgan fingerprint density at radius 1 is 0.974 bits per heavy atom. The highest BCUT2D eigenvalue weighted by Gasteiger charge is 2.36. The first-order valence-electron chi connectivity index (χ1n) is 12.8. The largest absolute Gasteiger partial charge is 0.457 e. The molecule has 0 bridgehead atoms. The van der Waals surface area contributed by atoms with Crippen LogP contribution in [0.4, 0.5) is 11.4 Å². The average Bonchev–Trinajstić information content (AvgIpc) is 3.26. The zero-order chi connectivity index (χ0) is 27.4. The maximum Gasteiger partial charge on any atom is 0.311 e. The second-order valence-electron chi connectivity index (χ2n) is 10.2. The topological polar surface area (TPSA) is 84.9 Å². The molecule has 198 valence electrons. The van der Waals surface area contributed by atoms with Crippen molar-refractivity contribution in [3.63, 3.8) is 0 Å². The molecule has 1 heterocycles. The summed E-state index contributed by atoms with van der Waals surface area (Å²) < 4.78 is 11.4. The molecule has 4 rings (SSSR count). The minimum atomic E-state index is -0.631. The van der Waals surface area contributed by atoms with E-state index in [1.54, 1.807) is 4.90 Å². The molecule has 0 unspecified atom stereocenters. The number of aryl methyl sites for hydroxylation is 3. The second-order valence-corrected chi connectivity index (χ2v) is 10.2. The number of nitrogens with zero attached hydrogens (tertiary/aromatic N) is 1. The molecular formula is C31H34N2O5. The standard InChI is InChI=1S/C31H34N2O5/c1-19(2)26-12-6-21(4)15-28(26)38-25-10-8-24(9-11-25)33-17-23(16-30(33)35)31(36)37-18-29(34)32-27-13-7-20(3)14-22(27)5/h6-15,19,23H,16-18H2,1-5H3,(H,32,34)/t23-/m0/s1. The van der Waals surface area contributed by atoms with Crippen LogP contribution in [-0.2, 0) is 19.1 Å². The average molecular weight is 515 g/mol. The predicted octanol–water partition coefficient (Wildman–Crippen LogP) is 6.06. The van der Waals surface area contributed by atoms with Gasteiger partial charge in [0.1, 0.15) is 11.5 Å². The summed E-state index contributed by atoms with van der Waals surface area (Å²) in [5.74, 6) is 0.0255. The quantitative estimate of drug-likeness (QED) is 0.369. The Hall–Kier alpha value is -4.13. The number of rotatable bonds is 8. The number of hydrogen-bond acceptors (Lipinski definition) is 5. The van der Waals surface area contributed by atoms with Crippen molar-refractivity contribution in [1.29, 1.82) is 0 Å². The summed E-state index contributed by atoms with van der Waals surface area (Å²) in [6.45, 7) is 9.95. The van der Waals surface area contributed by atoms with E-state index in [4.69, 9.17) is 9.47 Å². The highest BCUT2D eigenvalue weighted by Crippen LogP contribution is 2.33. The molecule has 7 heteroatoms. The fraction of sp³-hybridized carbons (Fsp3) is 0.323. The minimum absolute atomic E-state index is 0.0385. The molecule has 0 radical (unpaired) electrons. The number of carbonyl (C=O) groups excluding carboxylic acids is 3. The molecule has 2 amide bonds. The van der Waals surface area contributed by atoms with E-state index in [2.05, 4.69) is 31.3 Å². The molecule has 0 aromatic heterocycles. The lowest BCUT2D eigenvalue weighted by atomic mass is 10.0. The van der Waals surface area contributed by atoms with Crippen molar-refractivity contribution in [2.45, 2.75) is 47.0 Å². The summed E-state index contributed by atoms with van der Waals surface area (Å²) in [6, 6.07) is 19.1. The van der Waals surface area contributed by atoms with E-state index in [9.17, 15) is 14.4 Å². The summed E-state index contributed by atoms with van der Waals surface area (Å²) in [5.41, 5.74) is 5.61. The third-order valence-corrected chi connectivity index (χ3v) is 6.63. The molecule has 1 saturated heterocycles. The Bertz CT molecular complexity index is 1350. The van der Waals surface area contributed by atoms with Gasteiger partial charge in [-0.2, -0.15) is 0 Å². The van der Waals surface area contributed by atoms with E-state index in [1.807, 2.05) is 69.3 Å². The van der Waals surface area contributed by atoms with Crippen LogP contribution in [0.15, 0.2) is 60.7 Å². The SMILES string of the molecule is Cc1ccc(NC(=O)COC(=O)[C@H]2CC(=O)N(c3ccc(Oc4cc(C)ccc4C(C)C)cc3)C2)c(C)c1. The van der Waals surface area contributed by atoms with Crippen LogP contribution in [0.5, 0.6) is 11.5 Å². The molecule has 1 fully saturated rings. The highest BCUT2D eigenvalue weighted by atomic mass is 16.5. The summed E-state index contributed by atoms with van der Waals surface area (Å²) in [4.78, 5) is 39.1. The predicted molar refractivity (Wildman–Crippen MR) is 148 cm³/mol. The molecule has 1 N–H and O–H groups in total. The Labute approximate surface area is 223 Å². The first kappa shape index (κ1) is 26.9. The third kappa shape index (κ3) is 6.40. The van der Waals surface area contributed by atoms with E-state index in [-0.39, 0.29) is 18.9 Å². The first-order valence-corrected chi connectivity index (χ1v) is 12.8. The van der Waals surface area contributed by atoms with E-state index in [0.29, 0.717) is 23.0 Å². The molecule has 0 spiro atoms. The van der Waals surface area contributed by atoms with Crippen LogP contribution in [0.3, 0.4) is 0 Å². The van der Waals surface area contributed by atoms with Crippen molar-refractivity contribution in [2.75, 3.05) is 23.4 Å². The molecule has 3 aromatic carbocycles. The van der Waals surface area contributed by atoms with Crippen molar-refractivity contribution in [3.05, 3.63) is 82.9 Å². The molecule has 38 heavy (non-hydrogen) atoms. The lowest BCUT2D eigenvalue weighted by Gasteiger charge is -2.18. The van der Waals surface area contributed by atoms with Gasteiger partial charge in [0.25, 0.3) is 5.91 Å². The van der Waals surface area contributed by atoms with E-state index in [1.165, 1.54) is 0 Å². The Balaban J connectivity index is 1.33. The van der Waals surface area contributed by atoms with Gasteiger partial charge >= 0.3 is 5.97 Å². The van der Waals surface area contributed by atoms with Crippen LogP contribution >= 0.6 is 0 Å².